The number of hydrogen-bond donors (Lipinski definition) is 1. The molecular formula is C12H21NO3. The Bertz CT molecular complexity index is 261. The van der Waals surface area contributed by atoms with Crippen LogP contribution < -0.4 is 5.32 Å². The smallest absolute Gasteiger partial charge is 0.220 e. The maximum atomic E-state index is 11.4. The molecule has 0 aromatic rings. The molecule has 0 saturated carbocycles. The Morgan fingerprint density at radius 1 is 1.12 bits per heavy atom. The van der Waals surface area contributed by atoms with E-state index in [0.29, 0.717) is 25.7 Å². The van der Waals surface area contributed by atoms with E-state index in [2.05, 4.69) is 5.32 Å². The van der Waals surface area contributed by atoms with E-state index in [0.717, 1.165) is 6.42 Å². The Morgan fingerprint density at radius 2 is 1.69 bits per heavy atom. The lowest BCUT2D eigenvalue weighted by molar-refractivity contribution is -0.127. The lowest BCUT2D eigenvalue weighted by Crippen LogP contribution is -2.38. The molecule has 1 atom stereocenters. The first kappa shape index (κ1) is 14.8. The van der Waals surface area contributed by atoms with Crippen molar-refractivity contribution in [1.29, 1.82) is 0 Å². The zero-order valence-electron chi connectivity index (χ0n) is 10.3. The van der Waals surface area contributed by atoms with E-state index in [9.17, 15) is 14.4 Å². The topological polar surface area (TPSA) is 63.2 Å². The molecule has 0 bridgehead atoms. The van der Waals surface area contributed by atoms with Crippen LogP contribution in [0.3, 0.4) is 0 Å². The first-order valence-electron chi connectivity index (χ1n) is 5.78. The minimum absolute atomic E-state index is 0.0390. The molecule has 1 N–H and O–H groups in total. The standard InChI is InChI=1S/C12H21NO3/c1-4-11(15)10(3)13-12(16)8-6-5-7-9(2)14/h10H,4-8H2,1-3H3,(H,13,16)/t10-/m0/s1. The lowest BCUT2D eigenvalue weighted by Gasteiger charge is -2.11. The predicted molar refractivity (Wildman–Crippen MR) is 62.1 cm³/mol. The highest BCUT2D eigenvalue weighted by Crippen LogP contribution is 2.01. The third kappa shape index (κ3) is 7.15. The summed E-state index contributed by atoms with van der Waals surface area (Å²) in [5, 5.41) is 2.65. The summed E-state index contributed by atoms with van der Waals surface area (Å²) in [6.45, 7) is 5.01. The van der Waals surface area contributed by atoms with Crippen LogP contribution in [0.15, 0.2) is 0 Å². The van der Waals surface area contributed by atoms with Crippen molar-refractivity contribution in [2.45, 2.75) is 58.9 Å². The van der Waals surface area contributed by atoms with Gasteiger partial charge >= 0.3 is 0 Å². The number of ketones is 2. The minimum Gasteiger partial charge on any atom is -0.347 e. The van der Waals surface area contributed by atoms with Gasteiger partial charge < -0.3 is 10.1 Å². The fraction of sp³-hybridized carbons (Fsp3) is 0.750. The Kier molecular flexibility index (Phi) is 7.42. The van der Waals surface area contributed by atoms with Gasteiger partial charge in [-0.1, -0.05) is 6.92 Å². The first-order valence-corrected chi connectivity index (χ1v) is 5.78. The van der Waals surface area contributed by atoms with E-state index in [1.807, 2.05) is 0 Å². The molecule has 0 aliphatic carbocycles. The molecule has 4 heteroatoms. The van der Waals surface area contributed by atoms with Crippen LogP contribution in [-0.2, 0) is 14.4 Å². The third-order valence-corrected chi connectivity index (χ3v) is 2.39. The third-order valence-electron chi connectivity index (χ3n) is 2.39. The number of carbonyl (C=O) groups excluding carboxylic acids is 3. The first-order chi connectivity index (χ1) is 7.47. The van der Waals surface area contributed by atoms with Gasteiger partial charge in [-0.2, -0.15) is 0 Å². The van der Waals surface area contributed by atoms with E-state index in [-0.39, 0.29) is 17.5 Å². The maximum Gasteiger partial charge on any atom is 0.220 e. The number of nitrogens with one attached hydrogen (secondary N) is 1. The summed E-state index contributed by atoms with van der Waals surface area (Å²) in [7, 11) is 0. The summed E-state index contributed by atoms with van der Waals surface area (Å²) < 4.78 is 0. The SMILES string of the molecule is CCC(=O)[C@H](C)NC(=O)CCCCC(C)=O. The van der Waals surface area contributed by atoms with Gasteiger partial charge in [-0.25, -0.2) is 0 Å². The van der Waals surface area contributed by atoms with Gasteiger partial charge in [-0.3, -0.25) is 9.59 Å². The fourth-order valence-corrected chi connectivity index (χ4v) is 1.36. The number of carbonyl (C=O) groups is 3. The van der Waals surface area contributed by atoms with Crippen molar-refractivity contribution in [3.63, 3.8) is 0 Å². The quantitative estimate of drug-likeness (QED) is 0.641. The summed E-state index contributed by atoms with van der Waals surface area (Å²) in [6, 6.07) is -0.398. The maximum absolute atomic E-state index is 11.4. The van der Waals surface area contributed by atoms with Gasteiger partial charge in [0, 0.05) is 19.3 Å². The van der Waals surface area contributed by atoms with Crippen molar-refractivity contribution in [2.75, 3.05) is 0 Å². The zero-order valence-corrected chi connectivity index (χ0v) is 10.3. The molecule has 0 aromatic heterocycles. The van der Waals surface area contributed by atoms with E-state index in [1.54, 1.807) is 20.8 Å². The van der Waals surface area contributed by atoms with E-state index >= 15 is 0 Å². The Morgan fingerprint density at radius 3 is 2.19 bits per heavy atom. The van der Waals surface area contributed by atoms with Crippen molar-refractivity contribution in [2.24, 2.45) is 0 Å². The van der Waals surface area contributed by atoms with Crippen molar-refractivity contribution in [3.8, 4) is 0 Å². The molecule has 0 aliphatic rings. The number of rotatable bonds is 8. The van der Waals surface area contributed by atoms with Gasteiger partial charge in [0.2, 0.25) is 5.91 Å². The second kappa shape index (κ2) is 8.02. The van der Waals surface area contributed by atoms with Crippen LogP contribution in [0.2, 0.25) is 0 Å². The van der Waals surface area contributed by atoms with Gasteiger partial charge in [0.15, 0.2) is 5.78 Å². The molecule has 0 aromatic carbocycles. The van der Waals surface area contributed by atoms with Crippen molar-refractivity contribution >= 4 is 17.5 Å². The van der Waals surface area contributed by atoms with E-state index in [4.69, 9.17) is 0 Å². The largest absolute Gasteiger partial charge is 0.347 e. The predicted octanol–water partition coefficient (Wildman–Crippen LogP) is 1.62. The van der Waals surface area contributed by atoms with Crippen LogP contribution in [-0.4, -0.2) is 23.5 Å². The zero-order chi connectivity index (χ0) is 12.6. The number of unbranched alkanes of at least 4 members (excludes halogenated alkanes) is 1. The molecule has 0 fully saturated rings. The number of hydrogen-bond acceptors (Lipinski definition) is 3. The van der Waals surface area contributed by atoms with Crippen molar-refractivity contribution in [1.82, 2.24) is 5.32 Å². The summed E-state index contributed by atoms with van der Waals surface area (Å²) in [4.78, 5) is 33.2. The highest BCUT2D eigenvalue weighted by atomic mass is 16.2. The highest BCUT2D eigenvalue weighted by Gasteiger charge is 2.12. The molecule has 0 saturated heterocycles. The van der Waals surface area contributed by atoms with Crippen LogP contribution in [0.25, 0.3) is 0 Å². The van der Waals surface area contributed by atoms with E-state index in [1.165, 1.54) is 0 Å². The Balaban J connectivity index is 3.66. The molecule has 0 spiro atoms. The van der Waals surface area contributed by atoms with Crippen LogP contribution in [0, 0.1) is 0 Å². The van der Waals surface area contributed by atoms with Gasteiger partial charge in [0.05, 0.1) is 6.04 Å². The fourth-order valence-electron chi connectivity index (χ4n) is 1.36. The minimum atomic E-state index is -0.398. The molecule has 16 heavy (non-hydrogen) atoms. The Hall–Kier alpha value is -1.19. The second-order valence-corrected chi connectivity index (χ2v) is 4.02. The van der Waals surface area contributed by atoms with Gasteiger partial charge in [-0.15, -0.1) is 0 Å². The van der Waals surface area contributed by atoms with Crippen LogP contribution in [0.5, 0.6) is 0 Å². The molecule has 0 rings (SSSR count). The summed E-state index contributed by atoms with van der Waals surface area (Å²) >= 11 is 0. The lowest BCUT2D eigenvalue weighted by atomic mass is 10.1. The number of Topliss-reactive ketones (excluding diaryl/α,β-unsaturated/α-hetero) is 2. The summed E-state index contributed by atoms with van der Waals surface area (Å²) in [5.41, 5.74) is 0. The molecule has 1 amide bonds. The average Bonchev–Trinajstić information content (AvgIpc) is 2.22. The van der Waals surface area contributed by atoms with Gasteiger partial charge in [0.25, 0.3) is 0 Å². The van der Waals surface area contributed by atoms with Crippen molar-refractivity contribution in [3.05, 3.63) is 0 Å². The van der Waals surface area contributed by atoms with Crippen molar-refractivity contribution < 1.29 is 14.4 Å². The van der Waals surface area contributed by atoms with Crippen LogP contribution >= 0.6 is 0 Å². The second-order valence-electron chi connectivity index (χ2n) is 4.02. The Labute approximate surface area is 96.8 Å². The normalized spacial score (nSPS) is 11.9. The highest BCUT2D eigenvalue weighted by molar-refractivity contribution is 5.88. The summed E-state index contributed by atoms with van der Waals surface area (Å²) in [6.07, 6.45) is 2.77. The van der Waals surface area contributed by atoms with Gasteiger partial charge in [0.1, 0.15) is 5.78 Å². The van der Waals surface area contributed by atoms with E-state index < -0.39 is 6.04 Å². The van der Waals surface area contributed by atoms with Crippen LogP contribution in [0.1, 0.15) is 52.9 Å². The molecule has 4 nitrogen and oxygen atoms in total. The number of amides is 1. The molecule has 0 heterocycles. The summed E-state index contributed by atoms with van der Waals surface area (Å²) in [5.74, 6) is 0.0740. The monoisotopic (exact) mass is 227 g/mol. The molecule has 0 radical (unpaired) electrons. The molecule has 0 unspecified atom stereocenters. The molecule has 92 valence electrons. The molecular weight excluding hydrogens is 206 g/mol. The van der Waals surface area contributed by atoms with Gasteiger partial charge in [-0.05, 0) is 26.7 Å². The van der Waals surface area contributed by atoms with Crippen LogP contribution in [0.4, 0.5) is 0 Å². The average molecular weight is 227 g/mol. The molecule has 0 aliphatic heterocycles.